The van der Waals surface area contributed by atoms with Gasteiger partial charge in [-0.2, -0.15) is 0 Å². The summed E-state index contributed by atoms with van der Waals surface area (Å²) in [6.07, 6.45) is 3.40. The Kier molecular flexibility index (Phi) is 11.1. The molecule has 218 valence electrons. The number of nitrogens with one attached hydrogen (secondary N) is 2. The third-order valence-electron chi connectivity index (χ3n) is 7.76. The Balaban J connectivity index is 1.35. The van der Waals surface area contributed by atoms with Crippen molar-refractivity contribution in [3.63, 3.8) is 0 Å². The highest BCUT2D eigenvalue weighted by molar-refractivity contribution is 6.30. The van der Waals surface area contributed by atoms with Crippen LogP contribution in [0.15, 0.2) is 72.8 Å². The number of quaternary nitrogens is 1. The minimum atomic E-state index is -1.13. The van der Waals surface area contributed by atoms with Crippen LogP contribution in [0.1, 0.15) is 36.5 Å². The van der Waals surface area contributed by atoms with Crippen molar-refractivity contribution in [1.82, 2.24) is 15.5 Å². The molecule has 0 aromatic heterocycles. The average Bonchev–Trinajstić information content (AvgIpc) is 2.97. The molecule has 0 aliphatic carbocycles. The van der Waals surface area contributed by atoms with Crippen LogP contribution in [0.25, 0.3) is 11.1 Å². The third-order valence-corrected chi connectivity index (χ3v) is 8.01. The number of benzene rings is 3. The van der Waals surface area contributed by atoms with Gasteiger partial charge < -0.3 is 15.8 Å². The van der Waals surface area contributed by atoms with Gasteiger partial charge in [0.2, 0.25) is 0 Å². The number of halogens is 1. The molecular weight excluding hydrogens is 536 g/mol. The predicted molar refractivity (Wildman–Crippen MR) is 165 cm³/mol. The minimum Gasteiger partial charge on any atom is -0.625 e. The van der Waals surface area contributed by atoms with Gasteiger partial charge in [-0.05, 0) is 66.4 Å². The van der Waals surface area contributed by atoms with Crippen LogP contribution in [0.2, 0.25) is 5.02 Å². The van der Waals surface area contributed by atoms with Crippen LogP contribution in [-0.4, -0.2) is 67.2 Å². The topological polar surface area (TPSA) is 84.5 Å². The smallest absolute Gasteiger partial charge is 0.331 e. The molecule has 1 fully saturated rings. The number of likely N-dealkylation sites (N-methyl/N-ethyl adjacent to an activating group) is 1. The maximum absolute atomic E-state index is 13.6. The van der Waals surface area contributed by atoms with Gasteiger partial charge in [-0.25, -0.2) is 4.79 Å². The fourth-order valence-corrected chi connectivity index (χ4v) is 5.31. The Morgan fingerprint density at radius 2 is 1.73 bits per heavy atom. The largest absolute Gasteiger partial charge is 0.625 e. The lowest BCUT2D eigenvalue weighted by atomic mass is 9.97. The lowest BCUT2D eigenvalue weighted by molar-refractivity contribution is -0.801. The average molecular weight is 577 g/mol. The van der Waals surface area contributed by atoms with Crippen molar-refractivity contribution in [3.05, 3.63) is 99.7 Å². The first kappa shape index (κ1) is 30.9. The number of unbranched alkanes of at least 4 members (excludes halogenated alkanes) is 1. The zero-order chi connectivity index (χ0) is 29.2. The van der Waals surface area contributed by atoms with Crippen LogP contribution in [0.4, 0.5) is 0 Å². The molecule has 1 saturated heterocycles. The van der Waals surface area contributed by atoms with Crippen LogP contribution < -0.4 is 10.6 Å². The number of nitrogens with zero attached hydrogens (tertiary/aromatic N) is 2. The normalized spacial score (nSPS) is 19.3. The van der Waals surface area contributed by atoms with Gasteiger partial charge in [0.1, 0.15) is 6.04 Å². The van der Waals surface area contributed by atoms with Gasteiger partial charge in [0.15, 0.2) is 6.54 Å². The van der Waals surface area contributed by atoms with E-state index in [4.69, 9.17) is 11.6 Å². The number of carbonyl (C=O) groups excluding carboxylic acids is 2. The van der Waals surface area contributed by atoms with Crippen LogP contribution in [0, 0.1) is 5.21 Å². The molecule has 8 heteroatoms. The van der Waals surface area contributed by atoms with E-state index in [2.05, 4.69) is 54.0 Å². The molecule has 7 nitrogen and oxygen atoms in total. The standard InChI is InChI=1S/C33H41ClN4O3/c1-3-4-17-35-23-26-8-12-28(13-9-26)29-7-5-6-27(21-29)22-31-33(40)38(41,20-19-37(31)2)24-32(39)36-18-16-25-10-14-30(34)15-11-25/h5-15,21,31,35H,3-4,16-20,22-24H2,1-2H3,(H,36,39). The molecule has 2 atom stereocenters. The Bertz CT molecular complexity index is 1300. The Morgan fingerprint density at radius 3 is 2.46 bits per heavy atom. The van der Waals surface area contributed by atoms with Crippen molar-refractivity contribution in [1.29, 1.82) is 0 Å². The van der Waals surface area contributed by atoms with E-state index in [1.807, 2.05) is 36.2 Å². The molecule has 0 saturated carbocycles. The van der Waals surface area contributed by atoms with Crippen LogP contribution in [0.3, 0.4) is 0 Å². The molecule has 2 amide bonds. The fraction of sp³-hybridized carbons (Fsp3) is 0.394. The summed E-state index contributed by atoms with van der Waals surface area (Å²) in [6, 6.07) is 23.5. The van der Waals surface area contributed by atoms with Crippen LogP contribution >= 0.6 is 11.6 Å². The molecule has 0 radical (unpaired) electrons. The summed E-state index contributed by atoms with van der Waals surface area (Å²) in [5.74, 6) is -0.867. The molecule has 3 aromatic rings. The van der Waals surface area contributed by atoms with Crippen LogP contribution in [0.5, 0.6) is 0 Å². The highest BCUT2D eigenvalue weighted by Gasteiger charge is 2.42. The quantitative estimate of drug-likeness (QED) is 0.171. The number of hydrogen-bond acceptors (Lipinski definition) is 5. The summed E-state index contributed by atoms with van der Waals surface area (Å²) in [5.41, 5.74) is 5.44. The van der Waals surface area contributed by atoms with Crippen molar-refractivity contribution in [3.8, 4) is 11.1 Å². The summed E-state index contributed by atoms with van der Waals surface area (Å²) < 4.78 is -1.13. The summed E-state index contributed by atoms with van der Waals surface area (Å²) in [7, 11) is 1.87. The molecular formula is C33H41ClN4O3. The van der Waals surface area contributed by atoms with Crippen molar-refractivity contribution >= 4 is 23.4 Å². The second-order valence-electron chi connectivity index (χ2n) is 11.0. The summed E-state index contributed by atoms with van der Waals surface area (Å²) in [6.45, 7) is 4.57. The van der Waals surface area contributed by atoms with E-state index in [0.717, 1.165) is 35.3 Å². The molecule has 0 bridgehead atoms. The highest BCUT2D eigenvalue weighted by Crippen LogP contribution is 2.25. The molecule has 0 spiro atoms. The lowest BCUT2D eigenvalue weighted by Gasteiger charge is -2.47. The Hall–Kier alpha value is -3.07. The Morgan fingerprint density at radius 1 is 1.00 bits per heavy atom. The molecule has 2 unspecified atom stereocenters. The molecule has 1 aliphatic heterocycles. The molecule has 4 rings (SSSR count). The molecule has 41 heavy (non-hydrogen) atoms. The van der Waals surface area contributed by atoms with Gasteiger partial charge in [0.25, 0.3) is 5.91 Å². The van der Waals surface area contributed by atoms with Gasteiger partial charge >= 0.3 is 5.91 Å². The predicted octanol–water partition coefficient (Wildman–Crippen LogP) is 4.95. The van der Waals surface area contributed by atoms with E-state index < -0.39 is 29.0 Å². The van der Waals surface area contributed by atoms with Gasteiger partial charge in [0.05, 0.1) is 6.54 Å². The van der Waals surface area contributed by atoms with E-state index in [-0.39, 0.29) is 6.54 Å². The Labute approximate surface area is 248 Å². The van der Waals surface area contributed by atoms with Gasteiger partial charge in [-0.1, -0.05) is 85.6 Å². The summed E-state index contributed by atoms with van der Waals surface area (Å²) >= 11 is 5.93. The number of hydrogen-bond donors (Lipinski definition) is 2. The number of piperazine rings is 1. The third kappa shape index (κ3) is 8.71. The fourth-order valence-electron chi connectivity index (χ4n) is 5.18. The molecule has 3 aromatic carbocycles. The van der Waals surface area contributed by atoms with E-state index in [9.17, 15) is 14.8 Å². The van der Waals surface area contributed by atoms with Gasteiger partial charge in [0, 0.05) is 31.1 Å². The number of hydroxylamine groups is 3. The van der Waals surface area contributed by atoms with E-state index in [1.165, 1.54) is 18.4 Å². The first-order valence-corrected chi connectivity index (χ1v) is 14.9. The first-order chi connectivity index (χ1) is 19.8. The zero-order valence-electron chi connectivity index (χ0n) is 24.1. The van der Waals surface area contributed by atoms with Crippen molar-refractivity contribution in [2.24, 2.45) is 0 Å². The first-order valence-electron chi connectivity index (χ1n) is 14.5. The second-order valence-corrected chi connectivity index (χ2v) is 11.4. The van der Waals surface area contributed by atoms with E-state index in [0.29, 0.717) is 31.0 Å². The molecule has 1 heterocycles. The van der Waals surface area contributed by atoms with E-state index in [1.54, 1.807) is 12.1 Å². The van der Waals surface area contributed by atoms with Gasteiger partial charge in [-0.3, -0.25) is 14.3 Å². The van der Waals surface area contributed by atoms with Gasteiger partial charge in [-0.15, -0.1) is 0 Å². The number of amides is 2. The molecule has 2 N–H and O–H groups in total. The maximum Gasteiger partial charge on any atom is 0.331 e. The zero-order valence-corrected chi connectivity index (χ0v) is 24.8. The number of carbonyl (C=O) groups is 2. The highest BCUT2D eigenvalue weighted by atomic mass is 35.5. The van der Waals surface area contributed by atoms with Crippen molar-refractivity contribution < 1.29 is 14.2 Å². The minimum absolute atomic E-state index is 0.0656. The summed E-state index contributed by atoms with van der Waals surface area (Å²) in [5, 5.41) is 20.5. The maximum atomic E-state index is 13.6. The van der Waals surface area contributed by atoms with Crippen molar-refractivity contribution in [2.45, 2.75) is 45.2 Å². The molecule has 1 aliphatic rings. The van der Waals surface area contributed by atoms with Crippen LogP contribution in [-0.2, 0) is 29.0 Å². The number of rotatable bonds is 13. The van der Waals surface area contributed by atoms with Crippen molar-refractivity contribution in [2.75, 3.05) is 39.8 Å². The monoisotopic (exact) mass is 576 g/mol. The van der Waals surface area contributed by atoms with E-state index >= 15 is 0 Å². The SMILES string of the molecule is CCCCNCc1ccc(-c2cccc(CC3C(=O)[N+]([O-])(CC(=O)NCCc4ccc(Cl)cc4)CCN3C)c2)cc1. The lowest BCUT2D eigenvalue weighted by Crippen LogP contribution is -2.66. The summed E-state index contributed by atoms with van der Waals surface area (Å²) in [4.78, 5) is 28.0. The second kappa shape index (κ2) is 14.7.